The Hall–Kier alpha value is -1.66. The van der Waals surface area contributed by atoms with Crippen molar-refractivity contribution in [3.8, 4) is 0 Å². The fraction of sp³-hybridized carbons (Fsp3) is 0.333. The van der Waals surface area contributed by atoms with Crippen molar-refractivity contribution < 1.29 is 0 Å². The van der Waals surface area contributed by atoms with Crippen LogP contribution in [0.5, 0.6) is 0 Å². The number of nitrogens with zero attached hydrogens (tertiary/aromatic N) is 2. The minimum absolute atomic E-state index is 0.272. The molecular weight excluding hydrogens is 250 g/mol. The molecule has 0 aliphatic rings. The molecule has 0 aliphatic carbocycles. The Kier molecular flexibility index (Phi) is 3.78. The lowest BCUT2D eigenvalue weighted by Gasteiger charge is -2.09. The summed E-state index contributed by atoms with van der Waals surface area (Å²) in [6.07, 6.45) is 0. The van der Waals surface area contributed by atoms with Crippen LogP contribution < -0.4 is 16.6 Å². The molecule has 6 heteroatoms. The Morgan fingerprint density at radius 1 is 1.22 bits per heavy atom. The van der Waals surface area contributed by atoms with Crippen molar-refractivity contribution in [2.45, 2.75) is 13.1 Å². The molecule has 0 saturated carbocycles. The molecule has 0 radical (unpaired) electrons. The molecule has 2 rings (SSSR count). The number of hydrogen-bond acceptors (Lipinski definition) is 4. The molecule has 5 nitrogen and oxygen atoms in total. The van der Waals surface area contributed by atoms with Gasteiger partial charge in [0.1, 0.15) is 0 Å². The van der Waals surface area contributed by atoms with E-state index in [0.717, 1.165) is 11.1 Å². The van der Waals surface area contributed by atoms with E-state index in [-0.39, 0.29) is 11.2 Å². The van der Waals surface area contributed by atoms with Crippen molar-refractivity contribution in [2.75, 3.05) is 0 Å². The van der Waals surface area contributed by atoms with E-state index < -0.39 is 0 Å². The molecule has 0 aliphatic heterocycles. The van der Waals surface area contributed by atoms with E-state index in [1.807, 2.05) is 17.5 Å². The van der Waals surface area contributed by atoms with Gasteiger partial charge >= 0.3 is 5.69 Å². The van der Waals surface area contributed by atoms with Crippen LogP contribution in [-0.2, 0) is 27.2 Å². The SMILES string of the molecule is Cn1c(CNCc2cccs2)cc(=O)n(C)c1=O. The third kappa shape index (κ3) is 2.60. The second-order valence-electron chi connectivity index (χ2n) is 4.06. The Morgan fingerprint density at radius 3 is 2.67 bits per heavy atom. The maximum Gasteiger partial charge on any atom is 0.330 e. The van der Waals surface area contributed by atoms with Crippen LogP contribution >= 0.6 is 11.3 Å². The zero-order chi connectivity index (χ0) is 13.1. The van der Waals surface area contributed by atoms with Gasteiger partial charge in [-0.25, -0.2) is 4.79 Å². The highest BCUT2D eigenvalue weighted by atomic mass is 32.1. The molecule has 1 N–H and O–H groups in total. The van der Waals surface area contributed by atoms with Gasteiger partial charge in [-0.3, -0.25) is 13.9 Å². The lowest BCUT2D eigenvalue weighted by atomic mass is 10.3. The second-order valence-corrected chi connectivity index (χ2v) is 5.09. The van der Waals surface area contributed by atoms with Gasteiger partial charge in [0.15, 0.2) is 0 Å². The van der Waals surface area contributed by atoms with E-state index in [1.54, 1.807) is 18.4 Å². The molecule has 96 valence electrons. The maximum atomic E-state index is 11.7. The predicted octanol–water partition coefficient (Wildman–Crippen LogP) is 0.435. The van der Waals surface area contributed by atoms with Gasteiger partial charge in [-0.05, 0) is 11.4 Å². The summed E-state index contributed by atoms with van der Waals surface area (Å²) in [6.45, 7) is 1.24. The highest BCUT2D eigenvalue weighted by Crippen LogP contribution is 2.07. The zero-order valence-electron chi connectivity index (χ0n) is 10.3. The van der Waals surface area contributed by atoms with Crippen LogP contribution in [0.3, 0.4) is 0 Å². The standard InChI is InChI=1S/C12H15N3O2S/c1-14-9(6-11(16)15(2)12(14)17)7-13-8-10-4-3-5-18-10/h3-6,13H,7-8H2,1-2H3. The Morgan fingerprint density at radius 2 is 2.00 bits per heavy atom. The molecule has 0 amide bonds. The molecule has 0 unspecified atom stereocenters. The number of aromatic nitrogens is 2. The fourth-order valence-electron chi connectivity index (χ4n) is 1.67. The Labute approximate surface area is 108 Å². The van der Waals surface area contributed by atoms with Gasteiger partial charge < -0.3 is 5.32 Å². The summed E-state index contributed by atoms with van der Waals surface area (Å²) in [5.41, 5.74) is 0.126. The first kappa shape index (κ1) is 12.8. The smallest absolute Gasteiger partial charge is 0.306 e. The van der Waals surface area contributed by atoms with Crippen LogP contribution in [-0.4, -0.2) is 9.13 Å². The summed E-state index contributed by atoms with van der Waals surface area (Å²) in [5.74, 6) is 0. The van der Waals surface area contributed by atoms with E-state index in [9.17, 15) is 9.59 Å². The third-order valence-corrected chi connectivity index (χ3v) is 3.69. The first-order valence-electron chi connectivity index (χ1n) is 5.58. The van der Waals surface area contributed by atoms with Gasteiger partial charge in [0.05, 0.1) is 0 Å². The summed E-state index contributed by atoms with van der Waals surface area (Å²) < 4.78 is 2.59. The molecular formula is C12H15N3O2S. The van der Waals surface area contributed by atoms with E-state index in [0.29, 0.717) is 12.2 Å². The number of rotatable bonds is 4. The summed E-state index contributed by atoms with van der Waals surface area (Å²) in [4.78, 5) is 24.5. The van der Waals surface area contributed by atoms with Crippen molar-refractivity contribution in [1.29, 1.82) is 0 Å². The minimum atomic E-state index is -0.296. The second kappa shape index (κ2) is 5.32. The Balaban J connectivity index is 2.10. The average Bonchev–Trinajstić information content (AvgIpc) is 2.86. The topological polar surface area (TPSA) is 56.0 Å². The highest BCUT2D eigenvalue weighted by molar-refractivity contribution is 7.09. The molecule has 0 bridgehead atoms. The van der Waals surface area contributed by atoms with E-state index in [4.69, 9.17) is 0 Å². The van der Waals surface area contributed by atoms with Crippen molar-refractivity contribution in [3.63, 3.8) is 0 Å². The molecule has 2 aromatic heterocycles. The zero-order valence-corrected chi connectivity index (χ0v) is 11.2. The highest BCUT2D eigenvalue weighted by Gasteiger charge is 2.05. The number of hydrogen-bond donors (Lipinski definition) is 1. The van der Waals surface area contributed by atoms with Gasteiger partial charge in [0.25, 0.3) is 5.56 Å². The molecule has 0 atom stereocenters. The van der Waals surface area contributed by atoms with Crippen LogP contribution in [0, 0.1) is 0 Å². The van der Waals surface area contributed by atoms with Crippen molar-refractivity contribution >= 4 is 11.3 Å². The third-order valence-electron chi connectivity index (χ3n) is 2.81. The van der Waals surface area contributed by atoms with Crippen molar-refractivity contribution in [3.05, 3.63) is 55.0 Å². The van der Waals surface area contributed by atoms with E-state index >= 15 is 0 Å². The summed E-state index contributed by atoms with van der Waals surface area (Å²) >= 11 is 1.67. The maximum absolute atomic E-state index is 11.7. The average molecular weight is 265 g/mol. The first-order chi connectivity index (χ1) is 8.59. The van der Waals surface area contributed by atoms with Crippen molar-refractivity contribution in [1.82, 2.24) is 14.5 Å². The molecule has 0 spiro atoms. The van der Waals surface area contributed by atoms with Crippen molar-refractivity contribution in [2.24, 2.45) is 14.1 Å². The fourth-order valence-corrected chi connectivity index (χ4v) is 2.35. The largest absolute Gasteiger partial charge is 0.330 e. The quantitative estimate of drug-likeness (QED) is 0.872. The molecule has 18 heavy (non-hydrogen) atoms. The van der Waals surface area contributed by atoms with Gasteiger partial charge in [-0.1, -0.05) is 6.07 Å². The van der Waals surface area contributed by atoms with Crippen LogP contribution in [0.15, 0.2) is 33.2 Å². The molecule has 2 heterocycles. The van der Waals surface area contributed by atoms with Gasteiger partial charge in [0.2, 0.25) is 0 Å². The molecule has 0 saturated heterocycles. The van der Waals surface area contributed by atoms with Crippen LogP contribution in [0.25, 0.3) is 0 Å². The number of thiophene rings is 1. The lowest BCUT2D eigenvalue weighted by molar-refractivity contribution is 0.603. The predicted molar refractivity (Wildman–Crippen MR) is 71.8 cm³/mol. The normalized spacial score (nSPS) is 10.8. The van der Waals surface area contributed by atoms with Gasteiger partial charge in [-0.2, -0.15) is 0 Å². The minimum Gasteiger partial charge on any atom is -0.306 e. The van der Waals surface area contributed by atoms with Crippen LogP contribution in [0.2, 0.25) is 0 Å². The van der Waals surface area contributed by atoms with Crippen LogP contribution in [0.1, 0.15) is 10.6 Å². The summed E-state index contributed by atoms with van der Waals surface area (Å²) in [5, 5.41) is 5.24. The summed E-state index contributed by atoms with van der Waals surface area (Å²) in [6, 6.07) is 5.53. The number of nitrogens with one attached hydrogen (secondary N) is 1. The molecule has 0 aromatic carbocycles. The summed E-state index contributed by atoms with van der Waals surface area (Å²) in [7, 11) is 3.15. The van der Waals surface area contributed by atoms with E-state index in [2.05, 4.69) is 5.32 Å². The van der Waals surface area contributed by atoms with E-state index in [1.165, 1.54) is 22.6 Å². The lowest BCUT2D eigenvalue weighted by Crippen LogP contribution is -2.38. The van der Waals surface area contributed by atoms with Gasteiger partial charge in [0, 0.05) is 43.8 Å². The van der Waals surface area contributed by atoms with Crippen LogP contribution in [0.4, 0.5) is 0 Å². The Bertz CT molecular complexity index is 640. The molecule has 2 aromatic rings. The molecule has 0 fully saturated rings. The van der Waals surface area contributed by atoms with Gasteiger partial charge in [-0.15, -0.1) is 11.3 Å². The monoisotopic (exact) mass is 265 g/mol. The first-order valence-corrected chi connectivity index (χ1v) is 6.46.